The first-order valence-corrected chi connectivity index (χ1v) is 7.93. The Morgan fingerprint density at radius 1 is 1.35 bits per heavy atom. The summed E-state index contributed by atoms with van der Waals surface area (Å²) in [6.45, 7) is -0.907. The van der Waals surface area contributed by atoms with Crippen molar-refractivity contribution in [2.24, 2.45) is 0 Å². The molecule has 0 N–H and O–H groups in total. The van der Waals surface area contributed by atoms with Crippen LogP contribution >= 0.6 is 11.6 Å². The van der Waals surface area contributed by atoms with Crippen LogP contribution in [0, 0.1) is 0 Å². The molecule has 3 heterocycles. The molecule has 5 nitrogen and oxygen atoms in total. The first-order valence-electron chi connectivity index (χ1n) is 7.55. The van der Waals surface area contributed by atoms with Crippen LogP contribution in [0.25, 0.3) is 0 Å². The normalized spacial score (nSPS) is 23.5. The number of fused-ring (bicyclic) bond motifs is 2. The highest BCUT2D eigenvalue weighted by atomic mass is 35.5. The fourth-order valence-corrected chi connectivity index (χ4v) is 3.13. The number of pyridine rings is 1. The molecular formula is C15H18ClF2NO4. The lowest BCUT2D eigenvalue weighted by Gasteiger charge is -2.34. The van der Waals surface area contributed by atoms with E-state index in [0.29, 0.717) is 43.6 Å². The smallest absolute Gasteiger partial charge is 0.345 e. The minimum Gasteiger partial charge on any atom is -0.493 e. The van der Waals surface area contributed by atoms with E-state index in [2.05, 4.69) is 9.72 Å². The Morgan fingerprint density at radius 2 is 2.22 bits per heavy atom. The molecule has 1 saturated heterocycles. The summed E-state index contributed by atoms with van der Waals surface area (Å²) in [7, 11) is 0. The lowest BCUT2D eigenvalue weighted by molar-refractivity contribution is -0.130. The van der Waals surface area contributed by atoms with Gasteiger partial charge in [0, 0.05) is 37.5 Å². The van der Waals surface area contributed by atoms with Gasteiger partial charge in [-0.25, -0.2) is 4.98 Å². The largest absolute Gasteiger partial charge is 0.493 e. The molecule has 2 aliphatic rings. The second-order valence-electron chi connectivity index (χ2n) is 5.50. The van der Waals surface area contributed by atoms with Crippen LogP contribution in [-0.2, 0) is 26.2 Å². The maximum atomic E-state index is 11.9. The van der Waals surface area contributed by atoms with Gasteiger partial charge in [0.25, 0.3) is 0 Å². The van der Waals surface area contributed by atoms with Crippen LogP contribution in [0.1, 0.15) is 24.1 Å². The van der Waals surface area contributed by atoms with Crippen LogP contribution in [0.2, 0.25) is 5.15 Å². The Morgan fingerprint density at radius 3 is 2.96 bits per heavy atom. The Kier molecular flexibility index (Phi) is 5.31. The van der Waals surface area contributed by atoms with Crippen LogP contribution < -0.4 is 4.74 Å². The van der Waals surface area contributed by atoms with Gasteiger partial charge in [-0.15, -0.1) is 0 Å². The van der Waals surface area contributed by atoms with Crippen LogP contribution in [0.4, 0.5) is 8.78 Å². The molecule has 0 aromatic carbocycles. The maximum Gasteiger partial charge on any atom is 0.345 e. The van der Waals surface area contributed by atoms with E-state index in [1.54, 1.807) is 6.07 Å². The predicted molar refractivity (Wildman–Crippen MR) is 78.1 cm³/mol. The van der Waals surface area contributed by atoms with E-state index in [0.717, 1.165) is 17.7 Å². The van der Waals surface area contributed by atoms with Gasteiger partial charge >= 0.3 is 6.61 Å². The zero-order chi connectivity index (χ0) is 16.3. The summed E-state index contributed by atoms with van der Waals surface area (Å²) in [4.78, 5) is 4.43. The minimum atomic E-state index is -2.75. The summed E-state index contributed by atoms with van der Waals surface area (Å²) >= 11 is 6.11. The first-order chi connectivity index (χ1) is 11.1. The molecule has 0 radical (unpaired) electrons. The fourth-order valence-electron chi connectivity index (χ4n) is 2.94. The molecule has 0 saturated carbocycles. The molecule has 1 fully saturated rings. The average Bonchev–Trinajstić information content (AvgIpc) is 2.97. The van der Waals surface area contributed by atoms with Gasteiger partial charge in [0.05, 0.1) is 32.1 Å². The lowest BCUT2D eigenvalue weighted by Crippen LogP contribution is -2.37. The number of ether oxygens (including phenoxy) is 4. The topological polar surface area (TPSA) is 49.8 Å². The standard InChI is InChI=1S/C15H18ClF2NO4/c16-12-8-11(21-4-1-5-22-14(17)18)10-2-6-23-15(13(10)19-12)3-7-20-9-15/h8,14H,1-7,9H2. The van der Waals surface area contributed by atoms with E-state index in [1.165, 1.54) is 0 Å². The third kappa shape index (κ3) is 3.74. The van der Waals surface area contributed by atoms with Gasteiger partial charge in [0.2, 0.25) is 0 Å². The molecule has 128 valence electrons. The Bertz CT molecular complexity index is 553. The number of nitrogens with zero attached hydrogens (tertiary/aromatic N) is 1. The molecule has 0 amide bonds. The van der Waals surface area contributed by atoms with E-state index in [4.69, 9.17) is 25.8 Å². The van der Waals surface area contributed by atoms with E-state index in [1.807, 2.05) is 0 Å². The summed E-state index contributed by atoms with van der Waals surface area (Å²) in [5, 5.41) is 0.319. The molecule has 0 bridgehead atoms. The molecule has 1 unspecified atom stereocenters. The van der Waals surface area contributed by atoms with E-state index < -0.39 is 12.2 Å². The van der Waals surface area contributed by atoms with Crippen LogP contribution in [0.15, 0.2) is 6.07 Å². The maximum absolute atomic E-state index is 11.9. The SMILES string of the molecule is FC(F)OCCCOc1cc(Cl)nc2c1CCOC21CCOC1. The Labute approximate surface area is 137 Å². The van der Waals surface area contributed by atoms with Crippen molar-refractivity contribution in [2.45, 2.75) is 31.5 Å². The summed E-state index contributed by atoms with van der Waals surface area (Å²) in [5.41, 5.74) is 1.18. The lowest BCUT2D eigenvalue weighted by atomic mass is 9.90. The van der Waals surface area contributed by atoms with Crippen LogP contribution in [0.3, 0.4) is 0 Å². The number of hydrogen-bond acceptors (Lipinski definition) is 5. The van der Waals surface area contributed by atoms with Crippen molar-refractivity contribution < 1.29 is 27.7 Å². The van der Waals surface area contributed by atoms with Gasteiger partial charge in [-0.2, -0.15) is 8.78 Å². The molecule has 23 heavy (non-hydrogen) atoms. The van der Waals surface area contributed by atoms with Crippen molar-refractivity contribution in [3.8, 4) is 5.75 Å². The Hall–Kier alpha value is -1.02. The molecule has 3 rings (SSSR count). The van der Waals surface area contributed by atoms with Crippen LogP contribution in [0.5, 0.6) is 5.75 Å². The molecule has 0 aliphatic carbocycles. The van der Waals surface area contributed by atoms with Crippen molar-refractivity contribution in [2.75, 3.05) is 33.0 Å². The molecule has 8 heteroatoms. The highest BCUT2D eigenvalue weighted by Crippen LogP contribution is 2.42. The van der Waals surface area contributed by atoms with Crippen molar-refractivity contribution in [3.05, 3.63) is 22.5 Å². The number of alkyl halides is 2. The van der Waals surface area contributed by atoms with Gasteiger partial charge in [0.15, 0.2) is 0 Å². The highest BCUT2D eigenvalue weighted by molar-refractivity contribution is 6.29. The van der Waals surface area contributed by atoms with E-state index in [-0.39, 0.29) is 13.2 Å². The third-order valence-electron chi connectivity index (χ3n) is 3.99. The number of hydrogen-bond donors (Lipinski definition) is 0. The van der Waals surface area contributed by atoms with Crippen molar-refractivity contribution in [3.63, 3.8) is 0 Å². The third-order valence-corrected chi connectivity index (χ3v) is 4.18. The van der Waals surface area contributed by atoms with Crippen molar-refractivity contribution in [1.29, 1.82) is 0 Å². The second-order valence-corrected chi connectivity index (χ2v) is 5.89. The van der Waals surface area contributed by atoms with Crippen molar-refractivity contribution >= 4 is 11.6 Å². The monoisotopic (exact) mass is 349 g/mol. The minimum absolute atomic E-state index is 0.0560. The van der Waals surface area contributed by atoms with Gasteiger partial charge in [-0.3, -0.25) is 0 Å². The van der Waals surface area contributed by atoms with E-state index >= 15 is 0 Å². The zero-order valence-electron chi connectivity index (χ0n) is 12.5. The Balaban J connectivity index is 1.73. The summed E-state index contributed by atoms with van der Waals surface area (Å²) < 4.78 is 45.2. The molecule has 2 aliphatic heterocycles. The molecule has 1 aromatic heterocycles. The molecule has 1 spiro atoms. The number of rotatable bonds is 6. The van der Waals surface area contributed by atoms with Gasteiger partial charge in [-0.05, 0) is 0 Å². The zero-order valence-corrected chi connectivity index (χ0v) is 13.3. The quantitative estimate of drug-likeness (QED) is 0.584. The van der Waals surface area contributed by atoms with E-state index in [9.17, 15) is 8.78 Å². The summed E-state index contributed by atoms with van der Waals surface area (Å²) in [5.74, 6) is 0.631. The number of aromatic nitrogens is 1. The van der Waals surface area contributed by atoms with Crippen LogP contribution in [-0.4, -0.2) is 44.6 Å². The van der Waals surface area contributed by atoms with Gasteiger partial charge in [-0.1, -0.05) is 11.6 Å². The average molecular weight is 350 g/mol. The van der Waals surface area contributed by atoms with Crippen molar-refractivity contribution in [1.82, 2.24) is 4.98 Å². The number of halogens is 3. The van der Waals surface area contributed by atoms with Gasteiger partial charge < -0.3 is 18.9 Å². The second kappa shape index (κ2) is 7.25. The molecule has 1 atom stereocenters. The molecule has 1 aromatic rings. The predicted octanol–water partition coefficient (Wildman–Crippen LogP) is 2.93. The summed E-state index contributed by atoms with van der Waals surface area (Å²) in [6, 6.07) is 1.66. The van der Waals surface area contributed by atoms with Gasteiger partial charge in [0.1, 0.15) is 16.5 Å². The highest BCUT2D eigenvalue weighted by Gasteiger charge is 2.44. The fraction of sp³-hybridized carbons (Fsp3) is 0.667. The first kappa shape index (κ1) is 16.8. The molecular weight excluding hydrogens is 332 g/mol. The summed E-state index contributed by atoms with van der Waals surface area (Å²) in [6.07, 6.45) is 1.77.